The number of carbonyl (C=O) groups is 2. The minimum absolute atomic E-state index is 0.0781. The van der Waals surface area contributed by atoms with Crippen LogP contribution in [0.15, 0.2) is 18.2 Å². The Morgan fingerprint density at radius 3 is 2.59 bits per heavy atom. The first-order chi connectivity index (χ1) is 8.13. The number of aryl methyl sites for hydroxylation is 1. The third kappa shape index (κ3) is 1.35. The molecule has 1 aliphatic heterocycles. The number of benzene rings is 1. The zero-order valence-electron chi connectivity index (χ0n) is 9.88. The summed E-state index contributed by atoms with van der Waals surface area (Å²) in [5, 5.41) is 2.99. The molecule has 0 radical (unpaired) electrons. The van der Waals surface area contributed by atoms with E-state index in [1.807, 2.05) is 25.1 Å². The molecule has 3 rings (SSSR count). The van der Waals surface area contributed by atoms with E-state index in [0.29, 0.717) is 25.7 Å². The van der Waals surface area contributed by atoms with Crippen LogP contribution >= 0.6 is 0 Å². The Bertz CT molecular complexity index is 509. The number of rotatable bonds is 0. The van der Waals surface area contributed by atoms with Gasteiger partial charge in [-0.2, -0.15) is 0 Å². The molecule has 0 unspecified atom stereocenters. The maximum atomic E-state index is 12.2. The Balaban J connectivity index is 2.11. The van der Waals surface area contributed by atoms with Crippen molar-refractivity contribution in [2.24, 2.45) is 0 Å². The zero-order chi connectivity index (χ0) is 12.0. The molecule has 0 bridgehead atoms. The molecule has 1 N–H and O–H groups in total. The second-order valence-electron chi connectivity index (χ2n) is 5.07. The van der Waals surface area contributed by atoms with Crippen LogP contribution < -0.4 is 5.32 Å². The number of ketones is 1. The van der Waals surface area contributed by atoms with Crippen LogP contribution in [0.5, 0.6) is 0 Å². The summed E-state index contributed by atoms with van der Waals surface area (Å²) in [4.78, 5) is 23.6. The van der Waals surface area contributed by atoms with E-state index in [2.05, 4.69) is 5.32 Å². The van der Waals surface area contributed by atoms with Crippen molar-refractivity contribution in [2.45, 2.75) is 38.0 Å². The highest BCUT2D eigenvalue weighted by atomic mass is 16.2. The van der Waals surface area contributed by atoms with Crippen molar-refractivity contribution in [3.8, 4) is 0 Å². The van der Waals surface area contributed by atoms with Crippen molar-refractivity contribution in [3.05, 3.63) is 29.3 Å². The van der Waals surface area contributed by atoms with Crippen LogP contribution in [0.2, 0.25) is 0 Å². The molecular formula is C14H15NO2. The Hall–Kier alpha value is -1.64. The average Bonchev–Trinajstić information content (AvgIpc) is 2.59. The summed E-state index contributed by atoms with van der Waals surface area (Å²) in [7, 11) is 0. The quantitative estimate of drug-likeness (QED) is 0.742. The molecule has 3 heteroatoms. The van der Waals surface area contributed by atoms with E-state index in [-0.39, 0.29) is 11.7 Å². The normalized spacial score (nSPS) is 21.5. The van der Waals surface area contributed by atoms with Gasteiger partial charge in [0.05, 0.1) is 5.41 Å². The molecule has 2 aliphatic rings. The third-order valence-electron chi connectivity index (χ3n) is 4.12. The molecule has 0 aromatic heterocycles. The fourth-order valence-electron chi connectivity index (χ4n) is 3.04. The second-order valence-corrected chi connectivity index (χ2v) is 5.07. The molecule has 1 fully saturated rings. The first-order valence-electron chi connectivity index (χ1n) is 6.07. The molecule has 88 valence electrons. The van der Waals surface area contributed by atoms with Gasteiger partial charge in [0, 0.05) is 18.5 Å². The minimum Gasteiger partial charge on any atom is -0.325 e. The lowest BCUT2D eigenvalue weighted by Gasteiger charge is -2.30. The van der Waals surface area contributed by atoms with Gasteiger partial charge in [-0.15, -0.1) is 0 Å². The van der Waals surface area contributed by atoms with Crippen molar-refractivity contribution in [2.75, 3.05) is 5.32 Å². The number of nitrogens with one attached hydrogen (secondary N) is 1. The van der Waals surface area contributed by atoms with Gasteiger partial charge < -0.3 is 5.32 Å². The van der Waals surface area contributed by atoms with Gasteiger partial charge in [0.15, 0.2) is 0 Å². The monoisotopic (exact) mass is 229 g/mol. The summed E-state index contributed by atoms with van der Waals surface area (Å²) in [6.07, 6.45) is 2.38. The summed E-state index contributed by atoms with van der Waals surface area (Å²) in [5.74, 6) is 0.360. The Labute approximate surface area is 100 Å². The maximum Gasteiger partial charge on any atom is 0.235 e. The fraction of sp³-hybridized carbons (Fsp3) is 0.429. The topological polar surface area (TPSA) is 46.2 Å². The number of hydrogen-bond donors (Lipinski definition) is 1. The SMILES string of the molecule is Cc1cccc2c1NC(=O)C21CCC(=O)CC1. The van der Waals surface area contributed by atoms with Crippen LogP contribution in [0.1, 0.15) is 36.8 Å². The molecule has 0 saturated heterocycles. The Morgan fingerprint density at radius 1 is 1.18 bits per heavy atom. The van der Waals surface area contributed by atoms with Gasteiger partial charge in [0.1, 0.15) is 5.78 Å². The molecule has 17 heavy (non-hydrogen) atoms. The molecule has 1 amide bonds. The van der Waals surface area contributed by atoms with E-state index < -0.39 is 5.41 Å². The van der Waals surface area contributed by atoms with Gasteiger partial charge in [-0.05, 0) is 30.9 Å². The predicted molar refractivity (Wildman–Crippen MR) is 65.0 cm³/mol. The van der Waals surface area contributed by atoms with Gasteiger partial charge in [-0.1, -0.05) is 18.2 Å². The summed E-state index contributed by atoms with van der Waals surface area (Å²) >= 11 is 0. The number of fused-ring (bicyclic) bond motifs is 2. The number of para-hydroxylation sites is 1. The van der Waals surface area contributed by atoms with E-state index in [9.17, 15) is 9.59 Å². The first kappa shape index (κ1) is 10.5. The number of amides is 1. The number of anilines is 1. The molecule has 1 aromatic carbocycles. The van der Waals surface area contributed by atoms with Gasteiger partial charge >= 0.3 is 0 Å². The zero-order valence-corrected chi connectivity index (χ0v) is 9.88. The Kier molecular flexibility index (Phi) is 2.12. The summed E-state index contributed by atoms with van der Waals surface area (Å²) in [5.41, 5.74) is 2.72. The van der Waals surface area contributed by atoms with Crippen LogP contribution in [0.3, 0.4) is 0 Å². The van der Waals surface area contributed by atoms with Crippen LogP contribution in [0.4, 0.5) is 5.69 Å². The smallest absolute Gasteiger partial charge is 0.235 e. The summed E-state index contributed by atoms with van der Waals surface area (Å²) in [6, 6.07) is 6.02. The average molecular weight is 229 g/mol. The number of Topliss-reactive ketones (excluding diaryl/α,β-unsaturated/α-hetero) is 1. The first-order valence-corrected chi connectivity index (χ1v) is 6.07. The third-order valence-corrected chi connectivity index (χ3v) is 4.12. The lowest BCUT2D eigenvalue weighted by Crippen LogP contribution is -2.38. The predicted octanol–water partition coefficient (Wildman–Crippen LogP) is 2.33. The van der Waals surface area contributed by atoms with E-state index in [4.69, 9.17) is 0 Å². The molecule has 1 heterocycles. The number of hydrogen-bond acceptors (Lipinski definition) is 2. The highest BCUT2D eigenvalue weighted by Crippen LogP contribution is 2.47. The van der Waals surface area contributed by atoms with Crippen LogP contribution in [-0.2, 0) is 15.0 Å². The van der Waals surface area contributed by atoms with E-state index >= 15 is 0 Å². The maximum absolute atomic E-state index is 12.2. The summed E-state index contributed by atoms with van der Waals surface area (Å²) in [6.45, 7) is 2.01. The van der Waals surface area contributed by atoms with Crippen molar-refractivity contribution >= 4 is 17.4 Å². The minimum atomic E-state index is -0.435. The van der Waals surface area contributed by atoms with E-state index in [0.717, 1.165) is 16.8 Å². The van der Waals surface area contributed by atoms with Crippen molar-refractivity contribution in [1.82, 2.24) is 0 Å². The van der Waals surface area contributed by atoms with Crippen molar-refractivity contribution in [3.63, 3.8) is 0 Å². The van der Waals surface area contributed by atoms with Crippen LogP contribution in [-0.4, -0.2) is 11.7 Å². The van der Waals surface area contributed by atoms with Gasteiger partial charge in [0.2, 0.25) is 5.91 Å². The molecule has 1 aliphatic carbocycles. The van der Waals surface area contributed by atoms with Gasteiger partial charge in [-0.3, -0.25) is 9.59 Å². The highest BCUT2D eigenvalue weighted by Gasteiger charge is 2.48. The Morgan fingerprint density at radius 2 is 1.88 bits per heavy atom. The van der Waals surface area contributed by atoms with Gasteiger partial charge in [-0.25, -0.2) is 0 Å². The molecular weight excluding hydrogens is 214 g/mol. The van der Waals surface area contributed by atoms with E-state index in [1.165, 1.54) is 0 Å². The second kappa shape index (κ2) is 3.42. The summed E-state index contributed by atoms with van der Waals surface area (Å²) < 4.78 is 0. The standard InChI is InChI=1S/C14H15NO2/c1-9-3-2-4-11-12(9)15-13(17)14(11)7-5-10(16)6-8-14/h2-4H,5-8H2,1H3,(H,15,17). The highest BCUT2D eigenvalue weighted by molar-refractivity contribution is 6.07. The molecule has 1 saturated carbocycles. The largest absolute Gasteiger partial charge is 0.325 e. The molecule has 3 nitrogen and oxygen atoms in total. The van der Waals surface area contributed by atoms with Crippen LogP contribution in [0, 0.1) is 6.92 Å². The lowest BCUT2D eigenvalue weighted by atomic mass is 9.70. The van der Waals surface area contributed by atoms with Crippen molar-refractivity contribution in [1.29, 1.82) is 0 Å². The van der Waals surface area contributed by atoms with Gasteiger partial charge in [0.25, 0.3) is 0 Å². The molecule has 1 aromatic rings. The lowest BCUT2D eigenvalue weighted by molar-refractivity contribution is -0.126. The van der Waals surface area contributed by atoms with E-state index in [1.54, 1.807) is 0 Å². The number of carbonyl (C=O) groups excluding carboxylic acids is 2. The molecule has 1 spiro atoms. The van der Waals surface area contributed by atoms with Crippen LogP contribution in [0.25, 0.3) is 0 Å². The molecule has 0 atom stereocenters. The van der Waals surface area contributed by atoms with Crippen molar-refractivity contribution < 1.29 is 9.59 Å². The fourth-order valence-corrected chi connectivity index (χ4v) is 3.04.